The summed E-state index contributed by atoms with van der Waals surface area (Å²) in [7, 11) is 1.59. The van der Waals surface area contributed by atoms with Crippen molar-refractivity contribution in [2.45, 2.75) is 45.2 Å². The summed E-state index contributed by atoms with van der Waals surface area (Å²) in [6.45, 7) is 4.66. The van der Waals surface area contributed by atoms with Gasteiger partial charge in [0.25, 0.3) is 0 Å². The van der Waals surface area contributed by atoms with Crippen LogP contribution in [0.1, 0.15) is 33.1 Å². The molecule has 0 aliphatic carbocycles. The smallest absolute Gasteiger partial charge is 0.326 e. The van der Waals surface area contributed by atoms with E-state index >= 15 is 0 Å². The second-order valence-electron chi connectivity index (χ2n) is 4.79. The van der Waals surface area contributed by atoms with Crippen molar-refractivity contribution in [3.63, 3.8) is 0 Å². The summed E-state index contributed by atoms with van der Waals surface area (Å²) in [5, 5.41) is 12.3. The van der Waals surface area contributed by atoms with Crippen LogP contribution in [0.4, 0.5) is 0 Å². The Bertz CT molecular complexity index is 293. The van der Waals surface area contributed by atoms with Crippen molar-refractivity contribution >= 4 is 11.9 Å². The molecule has 0 bridgehead atoms. The highest BCUT2D eigenvalue weighted by Gasteiger charge is 2.32. The fourth-order valence-corrected chi connectivity index (χ4v) is 2.41. The number of rotatable bonds is 4. The average Bonchev–Trinajstić information content (AvgIpc) is 2.28. The van der Waals surface area contributed by atoms with Crippen LogP contribution in [0.25, 0.3) is 0 Å². The first kappa shape index (κ1) is 14.0. The van der Waals surface area contributed by atoms with E-state index in [0.29, 0.717) is 12.5 Å². The number of carbonyl (C=O) groups is 2. The van der Waals surface area contributed by atoms with Gasteiger partial charge >= 0.3 is 5.97 Å². The van der Waals surface area contributed by atoms with Gasteiger partial charge in [-0.25, -0.2) is 4.79 Å². The molecule has 0 spiro atoms. The van der Waals surface area contributed by atoms with Gasteiger partial charge in [-0.05, 0) is 32.7 Å². The average molecular weight is 242 g/mol. The molecule has 1 aliphatic heterocycles. The first-order valence-electron chi connectivity index (χ1n) is 6.20. The minimum Gasteiger partial charge on any atom is -0.480 e. The van der Waals surface area contributed by atoms with E-state index in [1.165, 1.54) is 4.90 Å². The van der Waals surface area contributed by atoms with Gasteiger partial charge < -0.3 is 15.3 Å². The minimum absolute atomic E-state index is 0.0346. The van der Waals surface area contributed by atoms with Crippen LogP contribution in [0, 0.1) is 5.92 Å². The minimum atomic E-state index is -0.926. The van der Waals surface area contributed by atoms with Crippen LogP contribution in [0.5, 0.6) is 0 Å². The topological polar surface area (TPSA) is 69.6 Å². The van der Waals surface area contributed by atoms with Crippen molar-refractivity contribution in [2.75, 3.05) is 13.6 Å². The van der Waals surface area contributed by atoms with E-state index in [-0.39, 0.29) is 11.8 Å². The van der Waals surface area contributed by atoms with Gasteiger partial charge in [0, 0.05) is 19.0 Å². The summed E-state index contributed by atoms with van der Waals surface area (Å²) in [6.07, 6.45) is 2.03. The third-order valence-electron chi connectivity index (χ3n) is 3.46. The number of hydrogen-bond acceptors (Lipinski definition) is 3. The molecule has 1 saturated heterocycles. The van der Waals surface area contributed by atoms with Crippen molar-refractivity contribution in [1.29, 1.82) is 0 Å². The second kappa shape index (κ2) is 6.00. The Kier molecular flexibility index (Phi) is 4.93. The first-order valence-corrected chi connectivity index (χ1v) is 6.20. The van der Waals surface area contributed by atoms with Crippen molar-refractivity contribution in [2.24, 2.45) is 5.92 Å². The van der Waals surface area contributed by atoms with E-state index in [4.69, 9.17) is 5.11 Å². The van der Waals surface area contributed by atoms with Crippen molar-refractivity contribution in [3.8, 4) is 0 Å². The molecule has 98 valence electrons. The monoisotopic (exact) mass is 242 g/mol. The normalized spacial score (nSPS) is 26.3. The third-order valence-corrected chi connectivity index (χ3v) is 3.46. The summed E-state index contributed by atoms with van der Waals surface area (Å²) in [4.78, 5) is 24.6. The number of nitrogens with one attached hydrogen (secondary N) is 1. The predicted octanol–water partition coefficient (Wildman–Crippen LogP) is 0.696. The van der Waals surface area contributed by atoms with E-state index < -0.39 is 12.0 Å². The molecule has 3 unspecified atom stereocenters. The Hall–Kier alpha value is -1.10. The van der Waals surface area contributed by atoms with Gasteiger partial charge in [-0.2, -0.15) is 0 Å². The number of carboxylic acids is 1. The molecule has 3 atom stereocenters. The van der Waals surface area contributed by atoms with Crippen LogP contribution in [-0.2, 0) is 9.59 Å². The van der Waals surface area contributed by atoms with E-state index in [1.807, 2.05) is 6.92 Å². The molecule has 1 fully saturated rings. The highest BCUT2D eigenvalue weighted by atomic mass is 16.4. The third kappa shape index (κ3) is 3.43. The Morgan fingerprint density at radius 2 is 2.18 bits per heavy atom. The van der Waals surface area contributed by atoms with Crippen LogP contribution in [-0.4, -0.2) is 47.6 Å². The SMILES string of the molecule is CCC(C(=O)O)N(C)C(=O)C1CCNC(C)C1. The van der Waals surface area contributed by atoms with Crippen LogP contribution in [0.2, 0.25) is 0 Å². The molecular formula is C12H22N2O3. The molecule has 5 nitrogen and oxygen atoms in total. The number of nitrogens with zero attached hydrogens (tertiary/aromatic N) is 1. The number of hydrogen-bond donors (Lipinski definition) is 2. The molecule has 1 amide bonds. The zero-order chi connectivity index (χ0) is 13.0. The Balaban J connectivity index is 2.64. The fourth-order valence-electron chi connectivity index (χ4n) is 2.41. The van der Waals surface area contributed by atoms with Gasteiger partial charge in [0.05, 0.1) is 0 Å². The highest BCUT2D eigenvalue weighted by Crippen LogP contribution is 2.19. The summed E-state index contributed by atoms with van der Waals surface area (Å²) >= 11 is 0. The number of piperidine rings is 1. The van der Waals surface area contributed by atoms with E-state index in [9.17, 15) is 9.59 Å². The molecular weight excluding hydrogens is 220 g/mol. The zero-order valence-electron chi connectivity index (χ0n) is 10.8. The van der Waals surface area contributed by atoms with Crippen LogP contribution in [0.15, 0.2) is 0 Å². The van der Waals surface area contributed by atoms with Gasteiger partial charge in [0.1, 0.15) is 6.04 Å². The molecule has 2 N–H and O–H groups in total. The van der Waals surface area contributed by atoms with E-state index in [1.54, 1.807) is 14.0 Å². The quantitative estimate of drug-likeness (QED) is 0.761. The zero-order valence-corrected chi connectivity index (χ0v) is 10.8. The molecule has 0 aromatic heterocycles. The van der Waals surface area contributed by atoms with Gasteiger partial charge in [0.2, 0.25) is 5.91 Å². The number of likely N-dealkylation sites (N-methyl/N-ethyl adjacent to an activating group) is 1. The molecule has 0 aromatic rings. The lowest BCUT2D eigenvalue weighted by molar-refractivity contribution is -0.151. The Labute approximate surface area is 102 Å². The molecule has 1 aliphatic rings. The summed E-state index contributed by atoms with van der Waals surface area (Å²) in [6, 6.07) is -0.372. The van der Waals surface area contributed by atoms with Crippen LogP contribution >= 0.6 is 0 Å². The van der Waals surface area contributed by atoms with Gasteiger partial charge in [-0.3, -0.25) is 4.79 Å². The molecule has 1 rings (SSSR count). The van der Waals surface area contributed by atoms with Crippen LogP contribution < -0.4 is 5.32 Å². The first-order chi connectivity index (χ1) is 7.97. The van der Waals surface area contributed by atoms with Gasteiger partial charge in [-0.1, -0.05) is 6.92 Å². The predicted molar refractivity (Wildman–Crippen MR) is 64.7 cm³/mol. The Morgan fingerprint density at radius 3 is 2.65 bits per heavy atom. The molecule has 0 saturated carbocycles. The maximum Gasteiger partial charge on any atom is 0.326 e. The summed E-state index contributed by atoms with van der Waals surface area (Å²) in [5.74, 6) is -0.998. The highest BCUT2D eigenvalue weighted by molar-refractivity contribution is 5.84. The number of carbonyl (C=O) groups excluding carboxylic acids is 1. The van der Waals surface area contributed by atoms with E-state index in [0.717, 1.165) is 19.4 Å². The number of aliphatic carboxylic acids is 1. The molecule has 0 aromatic carbocycles. The summed E-state index contributed by atoms with van der Waals surface area (Å²) in [5.41, 5.74) is 0. The Morgan fingerprint density at radius 1 is 1.53 bits per heavy atom. The summed E-state index contributed by atoms with van der Waals surface area (Å²) < 4.78 is 0. The lowest BCUT2D eigenvalue weighted by atomic mass is 9.91. The van der Waals surface area contributed by atoms with Crippen molar-refractivity contribution in [3.05, 3.63) is 0 Å². The van der Waals surface area contributed by atoms with Crippen LogP contribution in [0.3, 0.4) is 0 Å². The molecule has 0 radical (unpaired) electrons. The van der Waals surface area contributed by atoms with Crippen molar-refractivity contribution in [1.82, 2.24) is 10.2 Å². The number of carboxylic acid groups (broad SMARTS) is 1. The lowest BCUT2D eigenvalue weighted by Crippen LogP contribution is -2.48. The molecule has 5 heteroatoms. The lowest BCUT2D eigenvalue weighted by Gasteiger charge is -2.32. The maximum atomic E-state index is 12.2. The van der Waals surface area contributed by atoms with Crippen molar-refractivity contribution < 1.29 is 14.7 Å². The fraction of sp³-hybridized carbons (Fsp3) is 0.833. The second-order valence-corrected chi connectivity index (χ2v) is 4.79. The van der Waals surface area contributed by atoms with E-state index in [2.05, 4.69) is 5.32 Å². The molecule has 17 heavy (non-hydrogen) atoms. The molecule has 1 heterocycles. The standard InChI is InChI=1S/C12H22N2O3/c1-4-10(12(16)17)14(3)11(15)9-5-6-13-8(2)7-9/h8-10,13H,4-7H2,1-3H3,(H,16,17). The van der Waals surface area contributed by atoms with Gasteiger partial charge in [-0.15, -0.1) is 0 Å². The number of amides is 1. The largest absolute Gasteiger partial charge is 0.480 e. The maximum absolute atomic E-state index is 12.2. The van der Waals surface area contributed by atoms with Gasteiger partial charge in [0.15, 0.2) is 0 Å².